The van der Waals surface area contributed by atoms with Gasteiger partial charge in [0.05, 0.1) is 6.61 Å². The second kappa shape index (κ2) is 9.23. The van der Waals surface area contributed by atoms with Crippen LogP contribution in [0, 0.1) is 0 Å². The molecule has 2 rings (SSSR count). The number of benzene rings is 2. The van der Waals surface area contributed by atoms with Crippen molar-refractivity contribution in [2.75, 3.05) is 19.8 Å². The topological polar surface area (TPSA) is 30.5 Å². The highest BCUT2D eigenvalue weighted by Crippen LogP contribution is 2.15. The summed E-state index contributed by atoms with van der Waals surface area (Å²) >= 11 is 0. The van der Waals surface area contributed by atoms with Crippen molar-refractivity contribution in [3.05, 3.63) is 65.7 Å². The summed E-state index contributed by atoms with van der Waals surface area (Å²) in [6.07, 6.45) is 0. The van der Waals surface area contributed by atoms with Gasteiger partial charge in [0.1, 0.15) is 12.4 Å². The van der Waals surface area contributed by atoms with Crippen molar-refractivity contribution in [3.63, 3.8) is 0 Å². The van der Waals surface area contributed by atoms with Crippen LogP contribution in [0.4, 0.5) is 0 Å². The fourth-order valence-electron chi connectivity index (χ4n) is 2.20. The maximum Gasteiger partial charge on any atom is 0.119 e. The van der Waals surface area contributed by atoms with E-state index in [1.165, 1.54) is 11.1 Å². The van der Waals surface area contributed by atoms with Gasteiger partial charge in [-0.05, 0) is 37.1 Å². The highest BCUT2D eigenvalue weighted by atomic mass is 16.5. The van der Waals surface area contributed by atoms with Gasteiger partial charge in [-0.25, -0.2) is 0 Å². The summed E-state index contributed by atoms with van der Waals surface area (Å²) in [4.78, 5) is 0. The van der Waals surface area contributed by atoms with Crippen LogP contribution in [0.3, 0.4) is 0 Å². The first kappa shape index (κ1) is 16.5. The third-order valence-electron chi connectivity index (χ3n) is 3.54. The smallest absolute Gasteiger partial charge is 0.119 e. The summed E-state index contributed by atoms with van der Waals surface area (Å²) in [7, 11) is 0. The molecule has 0 aliphatic rings. The van der Waals surface area contributed by atoms with Crippen molar-refractivity contribution < 1.29 is 9.47 Å². The van der Waals surface area contributed by atoms with Crippen LogP contribution in [0.2, 0.25) is 0 Å². The molecule has 2 aromatic carbocycles. The highest BCUT2D eigenvalue weighted by Gasteiger charge is 2.04. The normalized spacial score (nSPS) is 12.1. The third kappa shape index (κ3) is 5.51. The zero-order valence-corrected chi connectivity index (χ0v) is 13.4. The molecular formula is C19H25NO2. The van der Waals surface area contributed by atoms with Crippen molar-refractivity contribution in [1.82, 2.24) is 5.32 Å². The van der Waals surface area contributed by atoms with Gasteiger partial charge in [0.15, 0.2) is 0 Å². The average molecular weight is 299 g/mol. The first-order valence-corrected chi connectivity index (χ1v) is 7.87. The Kier molecular flexibility index (Phi) is 6.94. The molecule has 0 amide bonds. The molecule has 0 aliphatic carbocycles. The predicted octanol–water partition coefficient (Wildman–Crippen LogP) is 3.95. The SMILES string of the molecule is CCOCCOc1ccc(CNC(C)c2ccccc2)cc1. The number of ether oxygens (including phenoxy) is 2. The van der Waals surface area contributed by atoms with Gasteiger partial charge in [0, 0.05) is 19.2 Å². The first-order chi connectivity index (χ1) is 10.8. The molecule has 22 heavy (non-hydrogen) atoms. The fraction of sp³-hybridized carbons (Fsp3) is 0.368. The quantitative estimate of drug-likeness (QED) is 0.711. The molecule has 2 aromatic rings. The van der Waals surface area contributed by atoms with Crippen LogP contribution in [0.15, 0.2) is 54.6 Å². The summed E-state index contributed by atoms with van der Waals surface area (Å²) in [5, 5.41) is 3.53. The molecular weight excluding hydrogens is 274 g/mol. The molecule has 1 unspecified atom stereocenters. The summed E-state index contributed by atoms with van der Waals surface area (Å²) in [6, 6.07) is 19.0. The van der Waals surface area contributed by atoms with Gasteiger partial charge in [0.2, 0.25) is 0 Å². The van der Waals surface area contributed by atoms with Crippen molar-refractivity contribution >= 4 is 0 Å². The average Bonchev–Trinajstić information content (AvgIpc) is 2.58. The van der Waals surface area contributed by atoms with Crippen molar-refractivity contribution in [2.24, 2.45) is 0 Å². The van der Waals surface area contributed by atoms with Crippen LogP contribution < -0.4 is 10.1 Å². The summed E-state index contributed by atoms with van der Waals surface area (Å²) in [5.74, 6) is 0.888. The van der Waals surface area contributed by atoms with Gasteiger partial charge in [-0.1, -0.05) is 42.5 Å². The minimum atomic E-state index is 0.336. The molecule has 0 radical (unpaired) electrons. The third-order valence-corrected chi connectivity index (χ3v) is 3.54. The maximum absolute atomic E-state index is 5.61. The molecule has 0 bridgehead atoms. The van der Waals surface area contributed by atoms with E-state index in [4.69, 9.17) is 9.47 Å². The van der Waals surface area contributed by atoms with E-state index in [9.17, 15) is 0 Å². The molecule has 0 aromatic heterocycles. The predicted molar refractivity (Wildman–Crippen MR) is 90.1 cm³/mol. The van der Waals surface area contributed by atoms with E-state index in [2.05, 4.69) is 48.6 Å². The largest absolute Gasteiger partial charge is 0.491 e. The Labute approximate surface area is 133 Å². The maximum atomic E-state index is 5.61. The molecule has 0 spiro atoms. The number of rotatable bonds is 9. The van der Waals surface area contributed by atoms with E-state index in [0.717, 1.165) is 18.9 Å². The summed E-state index contributed by atoms with van der Waals surface area (Å²) in [6.45, 7) is 6.96. The van der Waals surface area contributed by atoms with Gasteiger partial charge >= 0.3 is 0 Å². The number of hydrogen-bond acceptors (Lipinski definition) is 3. The van der Waals surface area contributed by atoms with E-state index >= 15 is 0 Å². The van der Waals surface area contributed by atoms with Gasteiger partial charge in [0.25, 0.3) is 0 Å². The minimum Gasteiger partial charge on any atom is -0.491 e. The van der Waals surface area contributed by atoms with Crippen LogP contribution in [0.25, 0.3) is 0 Å². The molecule has 1 atom stereocenters. The molecule has 0 heterocycles. The van der Waals surface area contributed by atoms with E-state index in [0.29, 0.717) is 19.3 Å². The van der Waals surface area contributed by atoms with Crippen LogP contribution in [0.5, 0.6) is 5.75 Å². The lowest BCUT2D eigenvalue weighted by Crippen LogP contribution is -2.17. The molecule has 0 fully saturated rings. The Morgan fingerprint density at radius 2 is 1.68 bits per heavy atom. The van der Waals surface area contributed by atoms with Gasteiger partial charge in [-0.15, -0.1) is 0 Å². The standard InChI is InChI=1S/C19H25NO2/c1-3-21-13-14-22-19-11-9-17(10-12-19)15-20-16(2)18-7-5-4-6-8-18/h4-12,16,20H,3,13-15H2,1-2H3. The number of nitrogens with one attached hydrogen (secondary N) is 1. The van der Waals surface area contributed by atoms with Crippen LogP contribution in [0.1, 0.15) is 31.0 Å². The van der Waals surface area contributed by atoms with Gasteiger partial charge < -0.3 is 14.8 Å². The second-order valence-corrected chi connectivity index (χ2v) is 5.20. The Bertz CT molecular complexity index is 525. The molecule has 1 N–H and O–H groups in total. The van der Waals surface area contributed by atoms with E-state index in [1.54, 1.807) is 0 Å². The Hall–Kier alpha value is -1.84. The fourth-order valence-corrected chi connectivity index (χ4v) is 2.20. The highest BCUT2D eigenvalue weighted by molar-refractivity contribution is 5.27. The van der Waals surface area contributed by atoms with Gasteiger partial charge in [-0.3, -0.25) is 0 Å². The Morgan fingerprint density at radius 3 is 2.36 bits per heavy atom. The van der Waals surface area contributed by atoms with Crippen molar-refractivity contribution in [1.29, 1.82) is 0 Å². The molecule has 0 aliphatic heterocycles. The van der Waals surface area contributed by atoms with Gasteiger partial charge in [-0.2, -0.15) is 0 Å². The zero-order valence-electron chi connectivity index (χ0n) is 13.4. The Morgan fingerprint density at radius 1 is 0.955 bits per heavy atom. The molecule has 118 valence electrons. The molecule has 0 saturated carbocycles. The number of hydrogen-bond donors (Lipinski definition) is 1. The van der Waals surface area contributed by atoms with E-state index in [1.807, 2.05) is 25.1 Å². The van der Waals surface area contributed by atoms with Crippen LogP contribution in [-0.4, -0.2) is 19.8 Å². The second-order valence-electron chi connectivity index (χ2n) is 5.20. The van der Waals surface area contributed by atoms with Crippen molar-refractivity contribution in [2.45, 2.75) is 26.4 Å². The zero-order chi connectivity index (χ0) is 15.6. The first-order valence-electron chi connectivity index (χ1n) is 7.87. The van der Waals surface area contributed by atoms with Crippen LogP contribution >= 0.6 is 0 Å². The van der Waals surface area contributed by atoms with Crippen LogP contribution in [-0.2, 0) is 11.3 Å². The monoisotopic (exact) mass is 299 g/mol. The minimum absolute atomic E-state index is 0.336. The molecule has 0 saturated heterocycles. The summed E-state index contributed by atoms with van der Waals surface area (Å²) < 4.78 is 10.9. The van der Waals surface area contributed by atoms with E-state index in [-0.39, 0.29) is 0 Å². The van der Waals surface area contributed by atoms with Crippen molar-refractivity contribution in [3.8, 4) is 5.75 Å². The molecule has 3 heteroatoms. The molecule has 3 nitrogen and oxygen atoms in total. The van der Waals surface area contributed by atoms with E-state index < -0.39 is 0 Å². The lowest BCUT2D eigenvalue weighted by molar-refractivity contribution is 0.110. The lowest BCUT2D eigenvalue weighted by atomic mass is 10.1. The lowest BCUT2D eigenvalue weighted by Gasteiger charge is -2.14. The Balaban J connectivity index is 1.76. The summed E-state index contributed by atoms with van der Waals surface area (Å²) in [5.41, 5.74) is 2.55.